The molecule has 1 rings (SSSR count). The van der Waals surface area contributed by atoms with Crippen molar-refractivity contribution >= 4 is 0 Å². The van der Waals surface area contributed by atoms with Crippen LogP contribution in [0, 0.1) is 29.1 Å². The van der Waals surface area contributed by atoms with E-state index in [1.807, 2.05) is 0 Å². The van der Waals surface area contributed by atoms with Gasteiger partial charge in [0.25, 0.3) is 0 Å². The van der Waals surface area contributed by atoms with Crippen molar-refractivity contribution in [2.45, 2.75) is 39.2 Å². The van der Waals surface area contributed by atoms with Crippen molar-refractivity contribution < 1.29 is 0 Å². The smallest absolute Gasteiger partial charge is 0.0659 e. The molecular formula is C12H22N2. The first-order valence-electron chi connectivity index (χ1n) is 5.62. The minimum absolute atomic E-state index is 0.274. The molecule has 0 aliphatic heterocycles. The van der Waals surface area contributed by atoms with E-state index in [4.69, 9.17) is 5.26 Å². The summed E-state index contributed by atoms with van der Waals surface area (Å²) in [6, 6.07) is 3.11. The van der Waals surface area contributed by atoms with Crippen LogP contribution in [0.1, 0.15) is 33.1 Å². The Morgan fingerprint density at radius 1 is 1.29 bits per heavy atom. The van der Waals surface area contributed by atoms with Gasteiger partial charge in [0, 0.05) is 6.04 Å². The van der Waals surface area contributed by atoms with Crippen molar-refractivity contribution in [1.29, 1.82) is 5.26 Å². The lowest BCUT2D eigenvalue weighted by atomic mass is 9.72. The van der Waals surface area contributed by atoms with Gasteiger partial charge in [-0.25, -0.2) is 0 Å². The van der Waals surface area contributed by atoms with Crippen LogP contribution in [-0.4, -0.2) is 25.0 Å². The van der Waals surface area contributed by atoms with Gasteiger partial charge in [0.05, 0.1) is 12.0 Å². The minimum atomic E-state index is 0.274. The predicted molar refractivity (Wildman–Crippen MR) is 58.8 cm³/mol. The summed E-state index contributed by atoms with van der Waals surface area (Å²) in [5.41, 5.74) is 0. The lowest BCUT2D eigenvalue weighted by Gasteiger charge is -2.37. The molecule has 80 valence electrons. The second-order valence-corrected chi connectivity index (χ2v) is 5.07. The fourth-order valence-electron chi connectivity index (χ4n) is 2.59. The number of hydrogen-bond acceptors (Lipinski definition) is 2. The monoisotopic (exact) mass is 194 g/mol. The van der Waals surface area contributed by atoms with Crippen molar-refractivity contribution in [2.24, 2.45) is 17.8 Å². The third-order valence-corrected chi connectivity index (χ3v) is 3.63. The number of nitrogens with zero attached hydrogens (tertiary/aromatic N) is 2. The summed E-state index contributed by atoms with van der Waals surface area (Å²) < 4.78 is 0. The highest BCUT2D eigenvalue weighted by molar-refractivity contribution is 4.95. The maximum Gasteiger partial charge on any atom is 0.0659 e. The van der Waals surface area contributed by atoms with Gasteiger partial charge in [-0.3, -0.25) is 0 Å². The largest absolute Gasteiger partial charge is 0.306 e. The summed E-state index contributed by atoms with van der Waals surface area (Å²) in [7, 11) is 4.24. The Kier molecular flexibility index (Phi) is 3.95. The molecule has 0 bridgehead atoms. The van der Waals surface area contributed by atoms with Gasteiger partial charge in [0.15, 0.2) is 0 Å². The number of nitriles is 1. The first-order chi connectivity index (χ1) is 6.56. The maximum absolute atomic E-state index is 9.14. The molecule has 1 aliphatic rings. The van der Waals surface area contributed by atoms with Gasteiger partial charge in [-0.15, -0.1) is 0 Å². The highest BCUT2D eigenvalue weighted by Gasteiger charge is 2.32. The molecule has 0 spiro atoms. The van der Waals surface area contributed by atoms with Crippen LogP contribution in [0.5, 0.6) is 0 Å². The van der Waals surface area contributed by atoms with E-state index in [1.165, 1.54) is 12.8 Å². The van der Waals surface area contributed by atoms with Crippen LogP contribution < -0.4 is 0 Å². The van der Waals surface area contributed by atoms with E-state index in [0.717, 1.165) is 6.42 Å². The molecule has 2 heteroatoms. The summed E-state index contributed by atoms with van der Waals surface area (Å²) >= 11 is 0. The van der Waals surface area contributed by atoms with Gasteiger partial charge < -0.3 is 4.90 Å². The molecule has 2 nitrogen and oxygen atoms in total. The number of hydrogen-bond donors (Lipinski definition) is 0. The van der Waals surface area contributed by atoms with Crippen molar-refractivity contribution in [3.8, 4) is 6.07 Å². The molecule has 0 saturated heterocycles. The average molecular weight is 194 g/mol. The molecule has 0 aromatic carbocycles. The second-order valence-electron chi connectivity index (χ2n) is 5.07. The average Bonchev–Trinajstić information content (AvgIpc) is 2.16. The standard InChI is InChI=1S/C12H22N2/c1-9(2)12-6-5-11(14(3)4)7-10(12)8-13/h9-12H,5-7H2,1-4H3. The third kappa shape index (κ3) is 2.48. The van der Waals surface area contributed by atoms with Crippen LogP contribution >= 0.6 is 0 Å². The zero-order chi connectivity index (χ0) is 10.7. The summed E-state index contributed by atoms with van der Waals surface area (Å²) in [6.07, 6.45) is 3.54. The quantitative estimate of drug-likeness (QED) is 0.675. The van der Waals surface area contributed by atoms with Gasteiger partial charge in [0.1, 0.15) is 0 Å². The van der Waals surface area contributed by atoms with Crippen LogP contribution in [0.4, 0.5) is 0 Å². The van der Waals surface area contributed by atoms with Crippen LogP contribution in [0.2, 0.25) is 0 Å². The van der Waals surface area contributed by atoms with Crippen LogP contribution in [-0.2, 0) is 0 Å². The highest BCUT2D eigenvalue weighted by Crippen LogP contribution is 2.35. The Morgan fingerprint density at radius 3 is 2.36 bits per heavy atom. The molecule has 0 amide bonds. The van der Waals surface area contributed by atoms with Crippen molar-refractivity contribution in [3.63, 3.8) is 0 Å². The Hall–Kier alpha value is -0.550. The zero-order valence-electron chi connectivity index (χ0n) is 9.83. The molecule has 1 saturated carbocycles. The lowest BCUT2D eigenvalue weighted by Crippen LogP contribution is -2.37. The molecular weight excluding hydrogens is 172 g/mol. The van der Waals surface area contributed by atoms with Crippen LogP contribution in [0.3, 0.4) is 0 Å². The molecule has 0 aromatic heterocycles. The fourth-order valence-corrected chi connectivity index (χ4v) is 2.59. The Morgan fingerprint density at radius 2 is 1.93 bits per heavy atom. The second kappa shape index (κ2) is 4.79. The molecule has 0 N–H and O–H groups in total. The van der Waals surface area contributed by atoms with Gasteiger partial charge in [-0.05, 0) is 45.2 Å². The molecule has 3 unspecified atom stereocenters. The van der Waals surface area contributed by atoms with Crippen molar-refractivity contribution in [3.05, 3.63) is 0 Å². The van der Waals surface area contributed by atoms with Gasteiger partial charge in [0.2, 0.25) is 0 Å². The highest BCUT2D eigenvalue weighted by atomic mass is 15.1. The van der Waals surface area contributed by atoms with Crippen LogP contribution in [0.15, 0.2) is 0 Å². The fraction of sp³-hybridized carbons (Fsp3) is 0.917. The molecule has 3 atom stereocenters. The SMILES string of the molecule is CC(C)C1CCC(N(C)C)CC1C#N. The van der Waals surface area contributed by atoms with E-state index < -0.39 is 0 Å². The van der Waals surface area contributed by atoms with E-state index in [9.17, 15) is 0 Å². The molecule has 1 fully saturated rings. The Balaban J connectivity index is 2.60. The van der Waals surface area contributed by atoms with E-state index in [2.05, 4.69) is 38.9 Å². The normalized spacial score (nSPS) is 33.4. The topological polar surface area (TPSA) is 27.0 Å². The maximum atomic E-state index is 9.14. The molecule has 0 radical (unpaired) electrons. The van der Waals surface area contributed by atoms with Crippen molar-refractivity contribution in [1.82, 2.24) is 4.90 Å². The first-order valence-corrected chi connectivity index (χ1v) is 5.62. The molecule has 1 aliphatic carbocycles. The lowest BCUT2D eigenvalue weighted by molar-refractivity contribution is 0.135. The Bertz CT molecular complexity index is 215. The van der Waals surface area contributed by atoms with E-state index in [1.54, 1.807) is 0 Å². The molecule has 0 heterocycles. The summed E-state index contributed by atoms with van der Waals surface area (Å²) in [5.74, 6) is 1.55. The molecule has 0 aromatic rings. The van der Waals surface area contributed by atoms with Gasteiger partial charge >= 0.3 is 0 Å². The molecule has 14 heavy (non-hydrogen) atoms. The van der Waals surface area contributed by atoms with E-state index in [0.29, 0.717) is 17.9 Å². The summed E-state index contributed by atoms with van der Waals surface area (Å²) in [4.78, 5) is 2.26. The summed E-state index contributed by atoms with van der Waals surface area (Å²) in [6.45, 7) is 4.48. The van der Waals surface area contributed by atoms with Crippen molar-refractivity contribution in [2.75, 3.05) is 14.1 Å². The zero-order valence-corrected chi connectivity index (χ0v) is 9.83. The predicted octanol–water partition coefficient (Wildman–Crippen LogP) is 2.51. The minimum Gasteiger partial charge on any atom is -0.306 e. The first kappa shape index (κ1) is 11.5. The van der Waals surface area contributed by atoms with E-state index in [-0.39, 0.29) is 5.92 Å². The van der Waals surface area contributed by atoms with Gasteiger partial charge in [-0.2, -0.15) is 5.26 Å². The third-order valence-electron chi connectivity index (χ3n) is 3.63. The Labute approximate surface area is 87.9 Å². The van der Waals surface area contributed by atoms with Gasteiger partial charge in [-0.1, -0.05) is 13.8 Å². The number of rotatable bonds is 2. The van der Waals surface area contributed by atoms with Crippen LogP contribution in [0.25, 0.3) is 0 Å². The van der Waals surface area contributed by atoms with E-state index >= 15 is 0 Å². The summed E-state index contributed by atoms with van der Waals surface area (Å²) in [5, 5.41) is 9.14.